The molecule has 4 rings (SSSR count). The molecule has 4 heterocycles. The first-order chi connectivity index (χ1) is 12.2. The Hall–Kier alpha value is -2.96. The minimum absolute atomic E-state index is 0.0598. The summed E-state index contributed by atoms with van der Waals surface area (Å²) in [4.78, 5) is 27.2. The molecule has 0 aromatic carbocycles. The molecule has 3 aromatic rings. The first-order valence-electron chi connectivity index (χ1n) is 8.37. The van der Waals surface area contributed by atoms with Gasteiger partial charge < -0.3 is 9.32 Å². The molecule has 0 N–H and O–H groups in total. The van der Waals surface area contributed by atoms with Gasteiger partial charge in [0.2, 0.25) is 0 Å². The van der Waals surface area contributed by atoms with Gasteiger partial charge in [0, 0.05) is 44.0 Å². The van der Waals surface area contributed by atoms with Gasteiger partial charge >= 0.3 is 0 Å². The van der Waals surface area contributed by atoms with Gasteiger partial charge in [0.15, 0.2) is 11.6 Å². The highest BCUT2D eigenvalue weighted by molar-refractivity contribution is 5.92. The lowest BCUT2D eigenvalue weighted by molar-refractivity contribution is 0.0706. The molecule has 0 unspecified atom stereocenters. The van der Waals surface area contributed by atoms with Crippen molar-refractivity contribution in [3.8, 4) is 5.82 Å². The minimum Gasteiger partial charge on any atom is -0.448 e. The molecule has 128 valence electrons. The Morgan fingerprint density at radius 2 is 2.08 bits per heavy atom. The Bertz CT molecular complexity index is 863. The van der Waals surface area contributed by atoms with Crippen molar-refractivity contribution in [2.45, 2.75) is 25.7 Å². The SMILES string of the molecule is Cc1nc(C(=O)N2CCC(c3cccc(-n4ccnc4)n3)CC2)co1. The number of nitrogens with zero attached hydrogens (tertiary/aromatic N) is 5. The zero-order chi connectivity index (χ0) is 17.2. The average molecular weight is 337 g/mol. The van der Waals surface area contributed by atoms with Gasteiger partial charge in [0.25, 0.3) is 5.91 Å². The predicted molar refractivity (Wildman–Crippen MR) is 90.5 cm³/mol. The number of aromatic nitrogens is 4. The number of hydrogen-bond acceptors (Lipinski definition) is 5. The third-order valence-electron chi connectivity index (χ3n) is 4.56. The van der Waals surface area contributed by atoms with E-state index in [1.165, 1.54) is 6.26 Å². The number of rotatable bonds is 3. The second kappa shape index (κ2) is 6.51. The van der Waals surface area contributed by atoms with Crippen molar-refractivity contribution in [2.24, 2.45) is 0 Å². The molecule has 25 heavy (non-hydrogen) atoms. The summed E-state index contributed by atoms with van der Waals surface area (Å²) in [5.74, 6) is 1.67. The molecular formula is C18H19N5O2. The van der Waals surface area contributed by atoms with E-state index >= 15 is 0 Å². The molecule has 1 fully saturated rings. The van der Waals surface area contributed by atoms with Gasteiger partial charge in [0.1, 0.15) is 18.4 Å². The van der Waals surface area contributed by atoms with E-state index in [9.17, 15) is 4.79 Å². The van der Waals surface area contributed by atoms with Crippen molar-refractivity contribution in [3.63, 3.8) is 0 Å². The van der Waals surface area contributed by atoms with Gasteiger partial charge in [-0.05, 0) is 25.0 Å². The fraction of sp³-hybridized carbons (Fsp3) is 0.333. The van der Waals surface area contributed by atoms with Crippen LogP contribution in [-0.2, 0) is 0 Å². The number of amides is 1. The number of piperidine rings is 1. The van der Waals surface area contributed by atoms with Crippen molar-refractivity contribution in [1.82, 2.24) is 24.4 Å². The normalized spacial score (nSPS) is 15.5. The lowest BCUT2D eigenvalue weighted by Crippen LogP contribution is -2.38. The quantitative estimate of drug-likeness (QED) is 0.734. The average Bonchev–Trinajstić information content (AvgIpc) is 3.33. The van der Waals surface area contributed by atoms with Gasteiger partial charge in [-0.3, -0.25) is 9.36 Å². The van der Waals surface area contributed by atoms with Crippen LogP contribution in [0, 0.1) is 6.92 Å². The number of likely N-dealkylation sites (tertiary alicyclic amines) is 1. The van der Waals surface area contributed by atoms with E-state index in [1.54, 1.807) is 19.4 Å². The predicted octanol–water partition coefficient (Wildman–Crippen LogP) is 2.58. The van der Waals surface area contributed by atoms with Crippen molar-refractivity contribution >= 4 is 5.91 Å². The fourth-order valence-corrected chi connectivity index (χ4v) is 3.21. The lowest BCUT2D eigenvalue weighted by Gasteiger charge is -2.31. The molecule has 1 amide bonds. The van der Waals surface area contributed by atoms with Crippen LogP contribution in [0.4, 0.5) is 0 Å². The van der Waals surface area contributed by atoms with Crippen LogP contribution in [0.2, 0.25) is 0 Å². The fourth-order valence-electron chi connectivity index (χ4n) is 3.21. The number of aryl methyl sites for hydroxylation is 1. The first-order valence-corrected chi connectivity index (χ1v) is 8.37. The molecule has 1 aliphatic rings. The monoisotopic (exact) mass is 337 g/mol. The molecule has 1 aliphatic heterocycles. The van der Waals surface area contributed by atoms with Gasteiger partial charge in [-0.15, -0.1) is 0 Å². The highest BCUT2D eigenvalue weighted by Crippen LogP contribution is 2.28. The zero-order valence-corrected chi connectivity index (χ0v) is 14.0. The second-order valence-corrected chi connectivity index (χ2v) is 6.21. The number of carbonyl (C=O) groups is 1. The maximum atomic E-state index is 12.4. The van der Waals surface area contributed by atoms with Crippen molar-refractivity contribution < 1.29 is 9.21 Å². The van der Waals surface area contributed by atoms with Crippen molar-refractivity contribution in [3.05, 3.63) is 60.5 Å². The summed E-state index contributed by atoms with van der Waals surface area (Å²) in [6.45, 7) is 3.14. The molecule has 0 bridgehead atoms. The van der Waals surface area contributed by atoms with Crippen LogP contribution in [0.25, 0.3) is 5.82 Å². The lowest BCUT2D eigenvalue weighted by atomic mass is 9.93. The van der Waals surface area contributed by atoms with Crippen LogP contribution in [0.15, 0.2) is 47.6 Å². The zero-order valence-electron chi connectivity index (χ0n) is 14.0. The summed E-state index contributed by atoms with van der Waals surface area (Å²) in [6, 6.07) is 6.05. The van der Waals surface area contributed by atoms with Crippen LogP contribution < -0.4 is 0 Å². The second-order valence-electron chi connectivity index (χ2n) is 6.21. The number of oxazole rings is 1. The van der Waals surface area contributed by atoms with Crippen LogP contribution in [0.1, 0.15) is 40.8 Å². The van der Waals surface area contributed by atoms with E-state index in [0.717, 1.165) is 24.4 Å². The van der Waals surface area contributed by atoms with Crippen LogP contribution in [0.3, 0.4) is 0 Å². The van der Waals surface area contributed by atoms with E-state index in [0.29, 0.717) is 30.6 Å². The number of carbonyl (C=O) groups excluding carboxylic acids is 1. The Balaban J connectivity index is 1.44. The van der Waals surface area contributed by atoms with Gasteiger partial charge in [-0.25, -0.2) is 15.0 Å². The smallest absolute Gasteiger partial charge is 0.275 e. The number of hydrogen-bond donors (Lipinski definition) is 0. The third-order valence-corrected chi connectivity index (χ3v) is 4.56. The summed E-state index contributed by atoms with van der Waals surface area (Å²) >= 11 is 0. The molecule has 1 saturated heterocycles. The maximum absolute atomic E-state index is 12.4. The molecule has 0 aliphatic carbocycles. The largest absolute Gasteiger partial charge is 0.448 e. The van der Waals surface area contributed by atoms with Gasteiger partial charge in [-0.2, -0.15) is 0 Å². The van der Waals surface area contributed by atoms with E-state index in [2.05, 4.69) is 16.0 Å². The topological polar surface area (TPSA) is 77.1 Å². The minimum atomic E-state index is -0.0598. The van der Waals surface area contributed by atoms with E-state index < -0.39 is 0 Å². The summed E-state index contributed by atoms with van der Waals surface area (Å²) in [6.07, 6.45) is 8.58. The Kier molecular flexibility index (Phi) is 4.05. The highest BCUT2D eigenvalue weighted by Gasteiger charge is 2.26. The Morgan fingerprint density at radius 3 is 2.76 bits per heavy atom. The number of pyridine rings is 1. The molecule has 7 heteroatoms. The molecule has 3 aromatic heterocycles. The van der Waals surface area contributed by atoms with Crippen molar-refractivity contribution in [2.75, 3.05) is 13.1 Å². The summed E-state index contributed by atoms with van der Waals surface area (Å²) < 4.78 is 7.04. The molecule has 7 nitrogen and oxygen atoms in total. The standard InChI is InChI=1S/C18H19N5O2/c1-13-20-16(11-25-13)18(24)22-8-5-14(6-9-22)15-3-2-4-17(21-15)23-10-7-19-12-23/h2-4,7,10-12,14H,5-6,8-9H2,1H3. The molecule has 0 atom stereocenters. The molecular weight excluding hydrogens is 318 g/mol. The first kappa shape index (κ1) is 15.6. The molecule has 0 radical (unpaired) electrons. The van der Waals surface area contributed by atoms with E-state index in [1.807, 2.05) is 27.8 Å². The summed E-state index contributed by atoms with van der Waals surface area (Å²) in [5, 5.41) is 0. The van der Waals surface area contributed by atoms with Crippen LogP contribution in [-0.4, -0.2) is 43.4 Å². The Morgan fingerprint density at radius 1 is 1.24 bits per heavy atom. The third kappa shape index (κ3) is 3.17. The van der Waals surface area contributed by atoms with Gasteiger partial charge in [-0.1, -0.05) is 6.07 Å². The number of imidazole rings is 1. The van der Waals surface area contributed by atoms with Crippen molar-refractivity contribution in [1.29, 1.82) is 0 Å². The van der Waals surface area contributed by atoms with Gasteiger partial charge in [0.05, 0.1) is 0 Å². The maximum Gasteiger partial charge on any atom is 0.275 e. The van der Waals surface area contributed by atoms with E-state index in [4.69, 9.17) is 9.40 Å². The van der Waals surface area contributed by atoms with Crippen LogP contribution >= 0.6 is 0 Å². The molecule has 0 saturated carbocycles. The highest BCUT2D eigenvalue weighted by atomic mass is 16.3. The van der Waals surface area contributed by atoms with Crippen LogP contribution in [0.5, 0.6) is 0 Å². The van der Waals surface area contributed by atoms with E-state index in [-0.39, 0.29) is 5.91 Å². The Labute approximate surface area is 145 Å². The summed E-state index contributed by atoms with van der Waals surface area (Å²) in [7, 11) is 0. The summed E-state index contributed by atoms with van der Waals surface area (Å²) in [5.41, 5.74) is 1.45. The molecule has 0 spiro atoms.